The van der Waals surface area contributed by atoms with Crippen LogP contribution >= 0.6 is 0 Å². The van der Waals surface area contributed by atoms with E-state index < -0.39 is 6.16 Å². The summed E-state index contributed by atoms with van der Waals surface area (Å²) < 4.78 is 9.46. The van der Waals surface area contributed by atoms with Gasteiger partial charge >= 0.3 is 6.16 Å². The van der Waals surface area contributed by atoms with Crippen molar-refractivity contribution in [2.75, 3.05) is 7.11 Å². The molecule has 0 saturated heterocycles. The summed E-state index contributed by atoms with van der Waals surface area (Å²) >= 11 is 0. The highest BCUT2D eigenvalue weighted by Gasteiger charge is 2.23. The third kappa shape index (κ3) is 6.61. The molecule has 138 valence electrons. The topological polar surface area (TPSA) is 35.5 Å². The predicted molar refractivity (Wildman–Crippen MR) is 105 cm³/mol. The van der Waals surface area contributed by atoms with Gasteiger partial charge in [-0.2, -0.15) is 0 Å². The van der Waals surface area contributed by atoms with Crippen LogP contribution in [-0.2, 0) is 10.2 Å². The van der Waals surface area contributed by atoms with E-state index in [0.717, 1.165) is 5.56 Å². The zero-order valence-corrected chi connectivity index (χ0v) is 16.8. The lowest BCUT2D eigenvalue weighted by molar-refractivity contribution is 0.121. The van der Waals surface area contributed by atoms with Crippen molar-refractivity contribution in [1.29, 1.82) is 0 Å². The first-order chi connectivity index (χ1) is 11.9. The molecule has 0 radical (unpaired) electrons. The van der Waals surface area contributed by atoms with Crippen molar-refractivity contribution in [2.45, 2.75) is 53.9 Å². The van der Waals surface area contributed by atoms with Crippen LogP contribution in [0.25, 0.3) is 0 Å². The van der Waals surface area contributed by atoms with Gasteiger partial charge in [-0.3, -0.25) is 0 Å². The smallest absolute Gasteiger partial charge is 0.437 e. The van der Waals surface area contributed by atoms with Gasteiger partial charge in [0, 0.05) is 5.41 Å². The highest BCUT2D eigenvalue weighted by Crippen LogP contribution is 2.32. The maximum Gasteiger partial charge on any atom is 0.513 e. The van der Waals surface area contributed by atoms with E-state index in [9.17, 15) is 4.79 Å². The lowest BCUT2D eigenvalue weighted by atomic mass is 9.78. The Morgan fingerprint density at radius 2 is 1.20 bits per heavy atom. The first kappa shape index (κ1) is 22.7. The Morgan fingerprint density at radius 3 is 1.60 bits per heavy atom. The number of benzene rings is 2. The fourth-order valence-corrected chi connectivity index (χ4v) is 2.21. The molecule has 0 aliphatic rings. The fourth-order valence-electron chi connectivity index (χ4n) is 2.21. The van der Waals surface area contributed by atoms with Gasteiger partial charge in [-0.05, 0) is 30.2 Å². The molecule has 0 atom stereocenters. The molecular formula is C22H32O3. The van der Waals surface area contributed by atoms with Crippen molar-refractivity contribution in [1.82, 2.24) is 0 Å². The van der Waals surface area contributed by atoms with Gasteiger partial charge in [0.25, 0.3) is 0 Å². The van der Waals surface area contributed by atoms with Crippen molar-refractivity contribution in [3.63, 3.8) is 0 Å². The zero-order chi connectivity index (χ0) is 19.5. The normalized spacial score (nSPS) is 9.76. The minimum atomic E-state index is -0.708. The highest BCUT2D eigenvalue weighted by molar-refractivity contribution is 5.63. The molecular weight excluding hydrogens is 312 g/mol. The molecule has 0 spiro atoms. The number of ether oxygens (including phenoxy) is 2. The van der Waals surface area contributed by atoms with Crippen LogP contribution in [0.2, 0.25) is 0 Å². The average Bonchev–Trinajstić information content (AvgIpc) is 2.65. The summed E-state index contributed by atoms with van der Waals surface area (Å²) in [5.74, 6) is 0.477. The standard InChI is InChI=1S/C18H20O3.2C2H6/c1-13-5-7-14(8-6-13)18(2,3)15-9-11-16(12-10-15)21-17(19)20-4;2*1-2/h5-12H,1-4H3;2*1-2H3. The Hall–Kier alpha value is -2.29. The van der Waals surface area contributed by atoms with Crippen molar-refractivity contribution >= 4 is 6.16 Å². The number of aryl methyl sites for hydroxylation is 1. The fraction of sp³-hybridized carbons (Fsp3) is 0.409. The monoisotopic (exact) mass is 344 g/mol. The van der Waals surface area contributed by atoms with E-state index in [-0.39, 0.29) is 5.41 Å². The second-order valence-electron chi connectivity index (χ2n) is 5.57. The van der Waals surface area contributed by atoms with Crippen LogP contribution in [0.15, 0.2) is 48.5 Å². The van der Waals surface area contributed by atoms with E-state index in [1.807, 2.05) is 39.8 Å². The largest absolute Gasteiger partial charge is 0.513 e. The second kappa shape index (κ2) is 11.3. The molecule has 0 aromatic heterocycles. The van der Waals surface area contributed by atoms with Crippen LogP contribution in [0, 0.1) is 6.92 Å². The number of rotatable bonds is 3. The number of carbonyl (C=O) groups is 1. The molecule has 0 amide bonds. The minimum absolute atomic E-state index is 0.114. The third-order valence-corrected chi connectivity index (χ3v) is 3.72. The summed E-state index contributed by atoms with van der Waals surface area (Å²) in [4.78, 5) is 11.1. The van der Waals surface area contributed by atoms with E-state index in [0.29, 0.717) is 5.75 Å². The third-order valence-electron chi connectivity index (χ3n) is 3.72. The SMILES string of the molecule is CC.CC.COC(=O)Oc1ccc(C(C)(C)c2ccc(C)cc2)cc1. The van der Waals surface area contributed by atoms with E-state index in [1.54, 1.807) is 12.1 Å². The lowest BCUT2D eigenvalue weighted by Crippen LogP contribution is -2.18. The molecule has 3 nitrogen and oxygen atoms in total. The van der Waals surface area contributed by atoms with Crippen LogP contribution < -0.4 is 4.74 Å². The first-order valence-electron chi connectivity index (χ1n) is 8.87. The lowest BCUT2D eigenvalue weighted by Gasteiger charge is -2.26. The van der Waals surface area contributed by atoms with Crippen molar-refractivity contribution in [2.24, 2.45) is 0 Å². The summed E-state index contributed by atoms with van der Waals surface area (Å²) in [6.07, 6.45) is -0.708. The molecule has 0 bridgehead atoms. The molecule has 0 saturated carbocycles. The maximum absolute atomic E-state index is 11.1. The minimum Gasteiger partial charge on any atom is -0.437 e. The van der Waals surface area contributed by atoms with Gasteiger partial charge in [0.1, 0.15) is 5.75 Å². The Kier molecular flexibility index (Phi) is 10.3. The van der Waals surface area contributed by atoms with Gasteiger partial charge in [0.15, 0.2) is 0 Å². The molecule has 0 N–H and O–H groups in total. The van der Waals surface area contributed by atoms with Crippen LogP contribution in [0.5, 0.6) is 5.75 Å². The predicted octanol–water partition coefficient (Wildman–Crippen LogP) is 6.52. The second-order valence-corrected chi connectivity index (χ2v) is 5.57. The molecule has 0 fully saturated rings. The van der Waals surface area contributed by atoms with Gasteiger partial charge in [-0.1, -0.05) is 83.5 Å². The van der Waals surface area contributed by atoms with Crippen LogP contribution in [0.3, 0.4) is 0 Å². The molecule has 2 aromatic rings. The van der Waals surface area contributed by atoms with Crippen LogP contribution in [0.4, 0.5) is 4.79 Å². The van der Waals surface area contributed by atoms with Crippen LogP contribution in [0.1, 0.15) is 58.2 Å². The molecule has 0 aliphatic carbocycles. The molecule has 2 rings (SSSR count). The van der Waals surface area contributed by atoms with Crippen molar-refractivity contribution in [3.05, 3.63) is 65.2 Å². The summed E-state index contributed by atoms with van der Waals surface area (Å²) in [6.45, 7) is 14.4. The molecule has 3 heteroatoms. The summed E-state index contributed by atoms with van der Waals surface area (Å²) in [5, 5.41) is 0. The Morgan fingerprint density at radius 1 is 0.800 bits per heavy atom. The maximum atomic E-state index is 11.1. The van der Waals surface area contributed by atoms with Crippen LogP contribution in [-0.4, -0.2) is 13.3 Å². The van der Waals surface area contributed by atoms with Gasteiger partial charge in [-0.25, -0.2) is 4.79 Å². The molecule has 2 aromatic carbocycles. The first-order valence-corrected chi connectivity index (χ1v) is 8.87. The summed E-state index contributed by atoms with van der Waals surface area (Å²) in [6, 6.07) is 16.0. The van der Waals surface area contributed by atoms with E-state index >= 15 is 0 Å². The van der Waals surface area contributed by atoms with Gasteiger partial charge < -0.3 is 9.47 Å². The van der Waals surface area contributed by atoms with Gasteiger partial charge in [0.05, 0.1) is 7.11 Å². The summed E-state index contributed by atoms with van der Waals surface area (Å²) in [5.41, 5.74) is 3.53. The Balaban J connectivity index is 0.00000134. The van der Waals surface area contributed by atoms with Gasteiger partial charge in [-0.15, -0.1) is 0 Å². The van der Waals surface area contributed by atoms with E-state index in [4.69, 9.17) is 4.74 Å². The van der Waals surface area contributed by atoms with E-state index in [1.165, 1.54) is 18.2 Å². The molecule has 25 heavy (non-hydrogen) atoms. The Bertz CT molecular complexity index is 611. The number of hydrogen-bond acceptors (Lipinski definition) is 3. The number of hydrogen-bond donors (Lipinski definition) is 0. The highest BCUT2D eigenvalue weighted by atomic mass is 16.7. The quantitative estimate of drug-likeness (QED) is 0.470. The van der Waals surface area contributed by atoms with Gasteiger partial charge in [0.2, 0.25) is 0 Å². The molecule has 0 heterocycles. The van der Waals surface area contributed by atoms with Crippen molar-refractivity contribution in [3.8, 4) is 5.75 Å². The molecule has 0 aliphatic heterocycles. The number of methoxy groups -OCH3 is 1. The average molecular weight is 344 g/mol. The van der Waals surface area contributed by atoms with Crippen molar-refractivity contribution < 1.29 is 14.3 Å². The molecule has 0 unspecified atom stereocenters. The zero-order valence-electron chi connectivity index (χ0n) is 16.8. The Labute approximate surface area is 153 Å². The van der Waals surface area contributed by atoms with E-state index in [2.05, 4.69) is 49.8 Å². The number of carbonyl (C=O) groups excluding carboxylic acids is 1. The summed E-state index contributed by atoms with van der Waals surface area (Å²) in [7, 11) is 1.29.